The minimum Gasteiger partial charge on any atom is -0.324 e. The minimum atomic E-state index is -0.564. The van der Waals surface area contributed by atoms with Crippen molar-refractivity contribution in [2.75, 3.05) is 11.9 Å². The van der Waals surface area contributed by atoms with E-state index in [0.29, 0.717) is 16.3 Å². The van der Waals surface area contributed by atoms with E-state index in [-0.39, 0.29) is 4.91 Å². The van der Waals surface area contributed by atoms with Crippen molar-refractivity contribution in [3.8, 4) is 0 Å². The molecule has 1 aliphatic heterocycles. The Morgan fingerprint density at radius 3 is 2.59 bits per heavy atom. The van der Waals surface area contributed by atoms with Crippen LogP contribution in [0.25, 0.3) is 6.08 Å². The van der Waals surface area contributed by atoms with Crippen LogP contribution in [0.2, 0.25) is 5.02 Å². The van der Waals surface area contributed by atoms with Gasteiger partial charge in [0.15, 0.2) is 0 Å². The van der Waals surface area contributed by atoms with Crippen molar-refractivity contribution in [3.05, 3.63) is 69.3 Å². The van der Waals surface area contributed by atoms with E-state index in [9.17, 15) is 18.8 Å². The molecule has 0 bridgehead atoms. The first-order valence-corrected chi connectivity index (χ1v) is 9.10. The summed E-state index contributed by atoms with van der Waals surface area (Å²) in [5, 5.41) is 2.57. The molecule has 5 nitrogen and oxygen atoms in total. The summed E-state index contributed by atoms with van der Waals surface area (Å²) >= 11 is 6.75. The van der Waals surface area contributed by atoms with Gasteiger partial charge in [-0.15, -0.1) is 0 Å². The third-order valence-corrected chi connectivity index (χ3v) is 5.11. The third-order valence-electron chi connectivity index (χ3n) is 3.80. The molecule has 1 N–H and O–H groups in total. The number of amides is 3. The molecule has 138 valence electrons. The number of nitrogens with one attached hydrogen (secondary N) is 1. The van der Waals surface area contributed by atoms with Crippen molar-refractivity contribution < 1.29 is 18.8 Å². The zero-order valence-corrected chi connectivity index (χ0v) is 15.7. The SMILES string of the molecule is Cc1ccc(NC(=O)CN2C(=O)S/C(=C/c3ccc(F)cc3)C2=O)cc1Cl. The van der Waals surface area contributed by atoms with E-state index in [1.165, 1.54) is 30.3 Å². The fourth-order valence-corrected chi connectivity index (χ4v) is 3.38. The molecule has 0 radical (unpaired) electrons. The summed E-state index contributed by atoms with van der Waals surface area (Å²) in [6.45, 7) is 1.43. The van der Waals surface area contributed by atoms with Crippen LogP contribution in [0, 0.1) is 12.7 Å². The average Bonchev–Trinajstić information content (AvgIpc) is 2.87. The normalized spacial score (nSPS) is 15.5. The first-order chi connectivity index (χ1) is 12.8. The highest BCUT2D eigenvalue weighted by Gasteiger charge is 2.36. The maximum atomic E-state index is 13.0. The van der Waals surface area contributed by atoms with Crippen LogP contribution >= 0.6 is 23.4 Å². The molecule has 0 saturated carbocycles. The van der Waals surface area contributed by atoms with E-state index < -0.39 is 29.4 Å². The van der Waals surface area contributed by atoms with E-state index in [4.69, 9.17) is 11.6 Å². The number of carbonyl (C=O) groups is 3. The first-order valence-electron chi connectivity index (χ1n) is 7.90. The zero-order valence-electron chi connectivity index (χ0n) is 14.2. The van der Waals surface area contributed by atoms with Gasteiger partial charge in [-0.3, -0.25) is 19.3 Å². The second kappa shape index (κ2) is 7.94. The number of carbonyl (C=O) groups excluding carboxylic acids is 3. The number of imide groups is 1. The van der Waals surface area contributed by atoms with Crippen LogP contribution in [-0.4, -0.2) is 28.5 Å². The van der Waals surface area contributed by atoms with Gasteiger partial charge >= 0.3 is 0 Å². The first kappa shape index (κ1) is 19.1. The number of halogens is 2. The Morgan fingerprint density at radius 2 is 1.93 bits per heavy atom. The van der Waals surface area contributed by atoms with Gasteiger partial charge in [-0.25, -0.2) is 4.39 Å². The van der Waals surface area contributed by atoms with Crippen molar-refractivity contribution in [1.29, 1.82) is 0 Å². The largest absolute Gasteiger partial charge is 0.324 e. The Morgan fingerprint density at radius 1 is 1.22 bits per heavy atom. The van der Waals surface area contributed by atoms with Gasteiger partial charge < -0.3 is 5.32 Å². The summed E-state index contributed by atoms with van der Waals surface area (Å²) in [4.78, 5) is 37.7. The molecule has 3 amide bonds. The number of thioether (sulfide) groups is 1. The van der Waals surface area contributed by atoms with E-state index >= 15 is 0 Å². The van der Waals surface area contributed by atoms with E-state index in [0.717, 1.165) is 22.2 Å². The molecule has 2 aromatic rings. The Hall–Kier alpha value is -2.64. The molecule has 0 aliphatic carbocycles. The van der Waals surface area contributed by atoms with E-state index in [2.05, 4.69) is 5.32 Å². The number of nitrogens with zero attached hydrogens (tertiary/aromatic N) is 1. The van der Waals surface area contributed by atoms with Gasteiger partial charge in [0.2, 0.25) is 5.91 Å². The second-order valence-electron chi connectivity index (χ2n) is 5.83. The fourth-order valence-electron chi connectivity index (χ4n) is 2.36. The molecule has 1 heterocycles. The number of benzene rings is 2. The summed E-state index contributed by atoms with van der Waals surface area (Å²) in [6.07, 6.45) is 1.49. The lowest BCUT2D eigenvalue weighted by Crippen LogP contribution is -2.36. The molecule has 0 aromatic heterocycles. The van der Waals surface area contributed by atoms with Gasteiger partial charge in [-0.05, 0) is 60.2 Å². The number of aryl methyl sites for hydroxylation is 1. The lowest BCUT2D eigenvalue weighted by molar-refractivity contribution is -0.127. The number of anilines is 1. The molecule has 0 unspecified atom stereocenters. The van der Waals surface area contributed by atoms with Gasteiger partial charge in [0.05, 0.1) is 4.91 Å². The van der Waals surface area contributed by atoms with Crippen LogP contribution < -0.4 is 5.32 Å². The molecular weight excluding hydrogens is 391 g/mol. The highest BCUT2D eigenvalue weighted by Crippen LogP contribution is 2.32. The standard InChI is InChI=1S/C19H14ClFN2O3S/c1-11-2-7-14(9-15(11)20)22-17(24)10-23-18(25)16(27-19(23)26)8-12-3-5-13(21)6-4-12/h2-9H,10H2,1H3,(H,22,24)/b16-8+. The lowest BCUT2D eigenvalue weighted by atomic mass is 10.2. The van der Waals surface area contributed by atoms with Gasteiger partial charge in [0, 0.05) is 10.7 Å². The van der Waals surface area contributed by atoms with Crippen LogP contribution in [0.4, 0.5) is 14.9 Å². The van der Waals surface area contributed by atoms with Gasteiger partial charge in [0.25, 0.3) is 11.1 Å². The molecule has 2 aromatic carbocycles. The van der Waals surface area contributed by atoms with Crippen molar-refractivity contribution >= 4 is 52.2 Å². The van der Waals surface area contributed by atoms with Crippen LogP contribution in [0.3, 0.4) is 0 Å². The van der Waals surface area contributed by atoms with Gasteiger partial charge in [-0.2, -0.15) is 0 Å². The molecule has 0 atom stereocenters. The molecule has 8 heteroatoms. The average molecular weight is 405 g/mol. The summed E-state index contributed by atoms with van der Waals surface area (Å²) in [7, 11) is 0. The Labute approximate surface area is 164 Å². The molecule has 3 rings (SSSR count). The van der Waals surface area contributed by atoms with Gasteiger partial charge in [0.1, 0.15) is 12.4 Å². The van der Waals surface area contributed by atoms with Crippen LogP contribution in [0.15, 0.2) is 47.4 Å². The Balaban J connectivity index is 1.68. The molecule has 0 spiro atoms. The predicted octanol–water partition coefficient (Wildman–Crippen LogP) is 4.46. The molecule has 1 aliphatic rings. The van der Waals surface area contributed by atoms with Gasteiger partial charge in [-0.1, -0.05) is 29.8 Å². The molecule has 1 fully saturated rings. The minimum absolute atomic E-state index is 0.179. The highest BCUT2D eigenvalue weighted by atomic mass is 35.5. The molecular formula is C19H14ClFN2O3S. The highest BCUT2D eigenvalue weighted by molar-refractivity contribution is 8.18. The van der Waals surface area contributed by atoms with Crippen LogP contribution in [0.1, 0.15) is 11.1 Å². The van der Waals surface area contributed by atoms with Crippen molar-refractivity contribution in [2.24, 2.45) is 0 Å². The summed E-state index contributed by atoms with van der Waals surface area (Å²) < 4.78 is 13.0. The van der Waals surface area contributed by atoms with E-state index in [1.807, 2.05) is 6.92 Å². The number of rotatable bonds is 4. The maximum absolute atomic E-state index is 13.0. The van der Waals surface area contributed by atoms with E-state index in [1.54, 1.807) is 18.2 Å². The number of hydrogen-bond acceptors (Lipinski definition) is 4. The summed E-state index contributed by atoms with van der Waals surface area (Å²) in [5.74, 6) is -1.47. The quantitative estimate of drug-likeness (QED) is 0.764. The lowest BCUT2D eigenvalue weighted by Gasteiger charge is -2.13. The third kappa shape index (κ3) is 4.56. The Bertz CT molecular complexity index is 960. The maximum Gasteiger partial charge on any atom is 0.294 e. The predicted molar refractivity (Wildman–Crippen MR) is 104 cm³/mol. The molecule has 27 heavy (non-hydrogen) atoms. The smallest absolute Gasteiger partial charge is 0.294 e. The van der Waals surface area contributed by atoms with Crippen molar-refractivity contribution in [2.45, 2.75) is 6.92 Å². The summed E-state index contributed by atoms with van der Waals surface area (Å²) in [6, 6.07) is 10.5. The van der Waals surface area contributed by atoms with Crippen LogP contribution in [-0.2, 0) is 9.59 Å². The second-order valence-corrected chi connectivity index (χ2v) is 7.23. The monoisotopic (exact) mass is 404 g/mol. The number of hydrogen-bond donors (Lipinski definition) is 1. The van der Waals surface area contributed by atoms with Crippen LogP contribution in [0.5, 0.6) is 0 Å². The van der Waals surface area contributed by atoms with Crippen molar-refractivity contribution in [1.82, 2.24) is 4.90 Å². The Kier molecular flexibility index (Phi) is 5.62. The molecule has 1 saturated heterocycles. The topological polar surface area (TPSA) is 66.5 Å². The van der Waals surface area contributed by atoms with Crippen molar-refractivity contribution in [3.63, 3.8) is 0 Å². The summed E-state index contributed by atoms with van der Waals surface area (Å²) in [5.41, 5.74) is 1.93. The zero-order chi connectivity index (χ0) is 19.6. The fraction of sp³-hybridized carbons (Fsp3) is 0.105.